The molecule has 1 aromatic carbocycles. The third kappa shape index (κ3) is 3.13. The zero-order valence-corrected chi connectivity index (χ0v) is 13.1. The van der Waals surface area contributed by atoms with E-state index in [4.69, 9.17) is 0 Å². The molecule has 0 unspecified atom stereocenters. The molecule has 18 heavy (non-hydrogen) atoms. The minimum absolute atomic E-state index is 0.300. The van der Waals surface area contributed by atoms with E-state index in [0.717, 1.165) is 14.9 Å². The average Bonchev–Trinajstić information content (AvgIpc) is 2.62. The summed E-state index contributed by atoms with van der Waals surface area (Å²) in [4.78, 5) is 0. The van der Waals surface area contributed by atoms with Crippen LogP contribution in [0.25, 0.3) is 0 Å². The zero-order chi connectivity index (χ0) is 13.3. The fourth-order valence-electron chi connectivity index (χ4n) is 1.68. The second-order valence-electron chi connectivity index (χ2n) is 4.04. The molecular formula is C12H12BrNO2S2. The van der Waals surface area contributed by atoms with E-state index in [2.05, 4.69) is 20.7 Å². The highest BCUT2D eigenvalue weighted by atomic mass is 79.9. The highest BCUT2D eigenvalue weighted by Gasteiger charge is 2.16. The van der Waals surface area contributed by atoms with E-state index < -0.39 is 10.0 Å². The lowest BCUT2D eigenvalue weighted by Gasteiger charge is -2.08. The molecule has 0 fully saturated rings. The fourth-order valence-corrected chi connectivity index (χ4v) is 4.73. The molecular weight excluding hydrogens is 334 g/mol. The Labute approximate surface area is 119 Å². The van der Waals surface area contributed by atoms with Crippen molar-refractivity contribution in [2.75, 3.05) is 4.72 Å². The van der Waals surface area contributed by atoms with Gasteiger partial charge in [-0.3, -0.25) is 4.72 Å². The van der Waals surface area contributed by atoms with Gasteiger partial charge in [-0.2, -0.15) is 0 Å². The van der Waals surface area contributed by atoms with Gasteiger partial charge in [-0.15, -0.1) is 11.3 Å². The number of benzene rings is 1. The van der Waals surface area contributed by atoms with Crippen molar-refractivity contribution in [3.8, 4) is 0 Å². The van der Waals surface area contributed by atoms with Crippen LogP contribution in [-0.4, -0.2) is 8.42 Å². The van der Waals surface area contributed by atoms with Crippen LogP contribution in [0.5, 0.6) is 0 Å². The highest BCUT2D eigenvalue weighted by molar-refractivity contribution is 9.11. The number of hydrogen-bond acceptors (Lipinski definition) is 3. The molecule has 0 aliphatic heterocycles. The van der Waals surface area contributed by atoms with Gasteiger partial charge >= 0.3 is 0 Å². The van der Waals surface area contributed by atoms with Crippen molar-refractivity contribution in [3.63, 3.8) is 0 Å². The number of hydrogen-bond donors (Lipinski definition) is 1. The quantitative estimate of drug-likeness (QED) is 0.915. The van der Waals surface area contributed by atoms with Crippen LogP contribution in [0.2, 0.25) is 0 Å². The normalized spacial score (nSPS) is 11.5. The lowest BCUT2D eigenvalue weighted by Crippen LogP contribution is -2.11. The Morgan fingerprint density at radius 1 is 1.11 bits per heavy atom. The molecule has 0 atom stereocenters. The van der Waals surface area contributed by atoms with Crippen LogP contribution in [-0.2, 0) is 10.0 Å². The number of sulfonamides is 1. The average molecular weight is 346 g/mol. The van der Waals surface area contributed by atoms with Gasteiger partial charge in [-0.1, -0.05) is 6.07 Å². The SMILES string of the molecule is Cc1cc(C)cc(NS(=O)(=O)c2ccc(Br)s2)c1. The van der Waals surface area contributed by atoms with Gasteiger partial charge in [0.15, 0.2) is 0 Å². The van der Waals surface area contributed by atoms with Gasteiger partial charge in [-0.25, -0.2) is 8.42 Å². The van der Waals surface area contributed by atoms with Gasteiger partial charge in [0, 0.05) is 5.69 Å². The van der Waals surface area contributed by atoms with Crippen LogP contribution in [0.3, 0.4) is 0 Å². The Bertz CT molecular complexity index is 657. The Kier molecular flexibility index (Phi) is 3.79. The molecule has 2 aromatic rings. The molecule has 2 rings (SSSR count). The Balaban J connectivity index is 2.33. The van der Waals surface area contributed by atoms with Crippen molar-refractivity contribution in [1.82, 2.24) is 0 Å². The standard InChI is InChI=1S/C12H12BrNO2S2/c1-8-5-9(2)7-10(6-8)14-18(15,16)12-4-3-11(13)17-12/h3-7,14H,1-2H3. The number of aryl methyl sites for hydroxylation is 2. The largest absolute Gasteiger partial charge is 0.279 e. The molecule has 3 nitrogen and oxygen atoms in total. The Hall–Kier alpha value is -0.850. The number of thiophene rings is 1. The molecule has 6 heteroatoms. The maximum Gasteiger partial charge on any atom is 0.271 e. The van der Waals surface area contributed by atoms with Gasteiger partial charge < -0.3 is 0 Å². The lowest BCUT2D eigenvalue weighted by atomic mass is 10.1. The topological polar surface area (TPSA) is 46.2 Å². The molecule has 1 N–H and O–H groups in total. The van der Waals surface area contributed by atoms with Gasteiger partial charge in [0.2, 0.25) is 0 Å². The number of anilines is 1. The van der Waals surface area contributed by atoms with Crippen LogP contribution >= 0.6 is 27.3 Å². The summed E-state index contributed by atoms with van der Waals surface area (Å²) in [5.41, 5.74) is 2.65. The molecule has 0 saturated heterocycles. The number of rotatable bonds is 3. The van der Waals surface area contributed by atoms with Crippen LogP contribution < -0.4 is 4.72 Å². The van der Waals surface area contributed by atoms with Crippen molar-refractivity contribution < 1.29 is 8.42 Å². The maximum absolute atomic E-state index is 12.1. The first kappa shape index (κ1) is 13.6. The van der Waals surface area contributed by atoms with Gasteiger partial charge in [-0.05, 0) is 65.2 Å². The summed E-state index contributed by atoms with van der Waals surface area (Å²) in [6.07, 6.45) is 0. The van der Waals surface area contributed by atoms with Crippen LogP contribution in [0.15, 0.2) is 38.3 Å². The molecule has 0 aliphatic rings. The highest BCUT2D eigenvalue weighted by Crippen LogP contribution is 2.28. The van der Waals surface area contributed by atoms with E-state index in [1.54, 1.807) is 12.1 Å². The van der Waals surface area contributed by atoms with Crippen molar-refractivity contribution >= 4 is 43.0 Å². The summed E-state index contributed by atoms with van der Waals surface area (Å²) < 4.78 is 27.9. The summed E-state index contributed by atoms with van der Waals surface area (Å²) in [5.74, 6) is 0. The molecule has 0 radical (unpaired) electrons. The molecule has 0 spiro atoms. The van der Waals surface area contributed by atoms with Crippen molar-refractivity contribution in [3.05, 3.63) is 45.2 Å². The summed E-state index contributed by atoms with van der Waals surface area (Å²) in [6.45, 7) is 3.87. The molecule has 0 saturated carbocycles. The molecule has 0 aliphatic carbocycles. The second kappa shape index (κ2) is 5.03. The molecule has 1 aromatic heterocycles. The maximum atomic E-state index is 12.1. The first-order valence-corrected chi connectivity index (χ1v) is 8.32. The predicted octanol–water partition coefficient (Wildman–Crippen LogP) is 3.93. The van der Waals surface area contributed by atoms with Crippen LogP contribution in [0.4, 0.5) is 5.69 Å². The first-order chi connectivity index (χ1) is 8.37. The number of nitrogens with one attached hydrogen (secondary N) is 1. The van der Waals surface area contributed by atoms with Crippen LogP contribution in [0, 0.1) is 13.8 Å². The minimum atomic E-state index is -3.49. The van der Waals surface area contributed by atoms with E-state index in [0.29, 0.717) is 9.90 Å². The predicted molar refractivity (Wildman–Crippen MR) is 78.7 cm³/mol. The van der Waals surface area contributed by atoms with E-state index in [1.165, 1.54) is 11.3 Å². The number of halogens is 1. The van der Waals surface area contributed by atoms with Gasteiger partial charge in [0.05, 0.1) is 3.79 Å². The molecule has 1 heterocycles. The Morgan fingerprint density at radius 3 is 2.22 bits per heavy atom. The van der Waals surface area contributed by atoms with E-state index in [-0.39, 0.29) is 0 Å². The van der Waals surface area contributed by atoms with E-state index >= 15 is 0 Å². The summed E-state index contributed by atoms with van der Waals surface area (Å²) >= 11 is 4.45. The molecule has 96 valence electrons. The van der Waals surface area contributed by atoms with Gasteiger partial charge in [0.25, 0.3) is 10.0 Å². The van der Waals surface area contributed by atoms with E-state index in [1.807, 2.05) is 32.0 Å². The zero-order valence-electron chi connectivity index (χ0n) is 9.90. The minimum Gasteiger partial charge on any atom is -0.279 e. The Morgan fingerprint density at radius 2 is 1.72 bits per heavy atom. The summed E-state index contributed by atoms with van der Waals surface area (Å²) in [5, 5.41) is 0. The van der Waals surface area contributed by atoms with Crippen molar-refractivity contribution in [1.29, 1.82) is 0 Å². The van der Waals surface area contributed by atoms with Crippen molar-refractivity contribution in [2.24, 2.45) is 0 Å². The van der Waals surface area contributed by atoms with Gasteiger partial charge in [0.1, 0.15) is 4.21 Å². The summed E-state index contributed by atoms with van der Waals surface area (Å²) in [6, 6.07) is 8.93. The smallest absolute Gasteiger partial charge is 0.271 e. The molecule has 0 bridgehead atoms. The lowest BCUT2D eigenvalue weighted by molar-refractivity contribution is 0.603. The monoisotopic (exact) mass is 345 g/mol. The van der Waals surface area contributed by atoms with Crippen molar-refractivity contribution in [2.45, 2.75) is 18.1 Å². The summed E-state index contributed by atoms with van der Waals surface area (Å²) in [7, 11) is -3.49. The molecule has 0 amide bonds. The third-order valence-electron chi connectivity index (χ3n) is 2.29. The second-order valence-corrected chi connectivity index (χ2v) is 8.41. The third-order valence-corrected chi connectivity index (χ3v) is 5.78. The van der Waals surface area contributed by atoms with Crippen LogP contribution in [0.1, 0.15) is 11.1 Å². The first-order valence-electron chi connectivity index (χ1n) is 5.23. The van der Waals surface area contributed by atoms with E-state index in [9.17, 15) is 8.42 Å². The fraction of sp³-hybridized carbons (Fsp3) is 0.167.